The van der Waals surface area contributed by atoms with Gasteiger partial charge < -0.3 is 10.2 Å². The van der Waals surface area contributed by atoms with Crippen LogP contribution in [0.4, 0.5) is 0 Å². The van der Waals surface area contributed by atoms with Gasteiger partial charge in [0.05, 0.1) is 5.92 Å². The Morgan fingerprint density at radius 1 is 1.32 bits per heavy atom. The van der Waals surface area contributed by atoms with Gasteiger partial charge in [-0.25, -0.2) is 0 Å². The zero-order valence-electron chi connectivity index (χ0n) is 12.9. The van der Waals surface area contributed by atoms with Crippen LogP contribution in [-0.4, -0.2) is 49.8 Å². The van der Waals surface area contributed by atoms with Gasteiger partial charge in [0.2, 0.25) is 11.8 Å². The van der Waals surface area contributed by atoms with Crippen LogP contribution >= 0.6 is 0 Å². The number of carbonyl (C=O) groups is 3. The molecule has 0 radical (unpaired) electrons. The Morgan fingerprint density at radius 2 is 2.00 bits per heavy atom. The van der Waals surface area contributed by atoms with Gasteiger partial charge >= 0.3 is 0 Å². The molecular formula is C16H21N3O3. The number of nitrogens with zero attached hydrogens (tertiary/aromatic N) is 1. The highest BCUT2D eigenvalue weighted by atomic mass is 16.2. The lowest BCUT2D eigenvalue weighted by atomic mass is 9.97. The predicted octanol–water partition coefficient (Wildman–Crippen LogP) is 0.183. The first-order valence-corrected chi connectivity index (χ1v) is 7.34. The third-order valence-corrected chi connectivity index (χ3v) is 3.79. The van der Waals surface area contributed by atoms with E-state index >= 15 is 0 Å². The molecule has 6 heteroatoms. The first kappa shape index (κ1) is 16.2. The van der Waals surface area contributed by atoms with Gasteiger partial charge in [-0.1, -0.05) is 12.1 Å². The predicted molar refractivity (Wildman–Crippen MR) is 82.3 cm³/mol. The minimum Gasteiger partial charge on any atom is -0.340 e. The zero-order valence-corrected chi connectivity index (χ0v) is 12.9. The fourth-order valence-electron chi connectivity index (χ4n) is 2.44. The first-order chi connectivity index (χ1) is 10.5. The molecule has 1 saturated heterocycles. The summed E-state index contributed by atoms with van der Waals surface area (Å²) in [6, 6.07) is 7.22. The van der Waals surface area contributed by atoms with Crippen LogP contribution in [0.3, 0.4) is 0 Å². The van der Waals surface area contributed by atoms with Crippen LogP contribution in [0.15, 0.2) is 24.3 Å². The molecule has 6 nitrogen and oxygen atoms in total. The summed E-state index contributed by atoms with van der Waals surface area (Å²) in [5.74, 6) is -0.757. The summed E-state index contributed by atoms with van der Waals surface area (Å²) in [5.41, 5.74) is 1.57. The summed E-state index contributed by atoms with van der Waals surface area (Å²) in [7, 11) is 3.61. The van der Waals surface area contributed by atoms with Crippen LogP contribution in [0.1, 0.15) is 22.3 Å². The van der Waals surface area contributed by atoms with Gasteiger partial charge in [-0.3, -0.25) is 19.7 Å². The molecule has 0 saturated carbocycles. The van der Waals surface area contributed by atoms with Gasteiger partial charge in [0.1, 0.15) is 0 Å². The van der Waals surface area contributed by atoms with Crippen LogP contribution in [0.25, 0.3) is 0 Å². The minimum atomic E-state index is -0.299. The molecule has 1 aromatic rings. The monoisotopic (exact) mass is 303 g/mol. The molecule has 1 atom stereocenters. The smallest absolute Gasteiger partial charge is 0.253 e. The third kappa shape index (κ3) is 3.92. The van der Waals surface area contributed by atoms with Crippen molar-refractivity contribution in [2.45, 2.75) is 12.8 Å². The average Bonchev–Trinajstić information content (AvgIpc) is 2.82. The third-order valence-electron chi connectivity index (χ3n) is 3.79. The quantitative estimate of drug-likeness (QED) is 0.735. The second kappa shape index (κ2) is 7.17. The Morgan fingerprint density at radius 3 is 2.55 bits per heavy atom. The first-order valence-electron chi connectivity index (χ1n) is 7.34. The molecular weight excluding hydrogens is 282 g/mol. The summed E-state index contributed by atoms with van der Waals surface area (Å²) in [4.78, 5) is 36.6. The maximum atomic E-state index is 12.2. The van der Waals surface area contributed by atoms with Crippen LogP contribution in [-0.2, 0) is 16.0 Å². The number of rotatable bonds is 6. The van der Waals surface area contributed by atoms with Gasteiger partial charge in [0, 0.05) is 32.1 Å². The molecule has 0 aromatic heterocycles. The number of amides is 3. The molecule has 0 aliphatic carbocycles. The fourth-order valence-corrected chi connectivity index (χ4v) is 2.44. The van der Waals surface area contributed by atoms with Crippen molar-refractivity contribution in [2.24, 2.45) is 5.92 Å². The van der Waals surface area contributed by atoms with Gasteiger partial charge in [-0.15, -0.1) is 0 Å². The van der Waals surface area contributed by atoms with Crippen LogP contribution < -0.4 is 10.6 Å². The van der Waals surface area contributed by atoms with E-state index in [1.54, 1.807) is 24.1 Å². The van der Waals surface area contributed by atoms with Gasteiger partial charge in [0.15, 0.2) is 0 Å². The van der Waals surface area contributed by atoms with Crippen LogP contribution in [0.5, 0.6) is 0 Å². The molecule has 118 valence electrons. The summed E-state index contributed by atoms with van der Waals surface area (Å²) >= 11 is 0. The standard InChI is InChI=1S/C16H21N3O3/c1-17-7-8-19(2)16(22)12-5-3-11(4-6-12)9-13-10-14(20)18-15(13)21/h3-6,13,17H,7-10H2,1-2H3,(H,18,20,21). The van der Waals surface area contributed by atoms with Crippen molar-refractivity contribution in [1.29, 1.82) is 0 Å². The molecule has 0 bridgehead atoms. The van der Waals surface area contributed by atoms with E-state index < -0.39 is 0 Å². The number of hydrogen-bond donors (Lipinski definition) is 2. The number of nitrogens with one attached hydrogen (secondary N) is 2. The average molecular weight is 303 g/mol. The van der Waals surface area contributed by atoms with E-state index in [9.17, 15) is 14.4 Å². The van der Waals surface area contributed by atoms with E-state index in [2.05, 4.69) is 10.6 Å². The van der Waals surface area contributed by atoms with Gasteiger partial charge in [-0.2, -0.15) is 0 Å². The second-order valence-corrected chi connectivity index (χ2v) is 5.54. The number of likely N-dealkylation sites (N-methyl/N-ethyl adjacent to an activating group) is 2. The minimum absolute atomic E-state index is 0.0319. The maximum Gasteiger partial charge on any atom is 0.253 e. The second-order valence-electron chi connectivity index (χ2n) is 5.54. The van der Waals surface area contributed by atoms with Crippen molar-refractivity contribution >= 4 is 17.7 Å². The van der Waals surface area contributed by atoms with Crippen molar-refractivity contribution in [1.82, 2.24) is 15.5 Å². The molecule has 1 heterocycles. The molecule has 3 amide bonds. The Hall–Kier alpha value is -2.21. The Kier molecular flexibility index (Phi) is 5.27. The molecule has 2 N–H and O–H groups in total. The van der Waals surface area contributed by atoms with E-state index in [-0.39, 0.29) is 30.1 Å². The van der Waals surface area contributed by atoms with Crippen molar-refractivity contribution in [2.75, 3.05) is 27.2 Å². The van der Waals surface area contributed by atoms with Crippen molar-refractivity contribution in [3.8, 4) is 0 Å². The van der Waals surface area contributed by atoms with E-state index in [1.807, 2.05) is 19.2 Å². The van der Waals surface area contributed by atoms with Crippen LogP contribution in [0, 0.1) is 5.92 Å². The molecule has 1 fully saturated rings. The lowest BCUT2D eigenvalue weighted by Crippen LogP contribution is -2.32. The van der Waals surface area contributed by atoms with Crippen molar-refractivity contribution in [3.63, 3.8) is 0 Å². The molecule has 1 unspecified atom stereocenters. The van der Waals surface area contributed by atoms with Gasteiger partial charge in [0.25, 0.3) is 5.91 Å². The summed E-state index contributed by atoms with van der Waals surface area (Å²) in [5, 5.41) is 5.31. The van der Waals surface area contributed by atoms with Crippen molar-refractivity contribution < 1.29 is 14.4 Å². The largest absolute Gasteiger partial charge is 0.340 e. The van der Waals surface area contributed by atoms with E-state index in [1.165, 1.54) is 0 Å². The molecule has 1 aliphatic rings. The molecule has 1 aliphatic heterocycles. The highest BCUT2D eigenvalue weighted by Gasteiger charge is 2.30. The summed E-state index contributed by atoms with van der Waals surface area (Å²) < 4.78 is 0. The zero-order chi connectivity index (χ0) is 16.1. The SMILES string of the molecule is CNCCN(C)C(=O)c1ccc(CC2CC(=O)NC2=O)cc1. The number of hydrogen-bond acceptors (Lipinski definition) is 4. The summed E-state index contributed by atoms with van der Waals surface area (Å²) in [6.45, 7) is 1.38. The highest BCUT2D eigenvalue weighted by Crippen LogP contribution is 2.18. The van der Waals surface area contributed by atoms with Crippen LogP contribution in [0.2, 0.25) is 0 Å². The number of imide groups is 1. The highest BCUT2D eigenvalue weighted by molar-refractivity contribution is 6.03. The summed E-state index contributed by atoms with van der Waals surface area (Å²) in [6.07, 6.45) is 0.758. The lowest BCUT2D eigenvalue weighted by Gasteiger charge is -2.17. The number of benzene rings is 1. The molecule has 22 heavy (non-hydrogen) atoms. The molecule has 0 spiro atoms. The lowest BCUT2D eigenvalue weighted by molar-refractivity contribution is -0.125. The Bertz CT molecular complexity index is 569. The van der Waals surface area contributed by atoms with E-state index in [0.29, 0.717) is 18.5 Å². The van der Waals surface area contributed by atoms with E-state index in [4.69, 9.17) is 0 Å². The van der Waals surface area contributed by atoms with E-state index in [0.717, 1.165) is 12.1 Å². The van der Waals surface area contributed by atoms with Crippen molar-refractivity contribution in [3.05, 3.63) is 35.4 Å². The fraction of sp³-hybridized carbons (Fsp3) is 0.438. The maximum absolute atomic E-state index is 12.2. The molecule has 1 aromatic carbocycles. The Labute approximate surface area is 129 Å². The Balaban J connectivity index is 1.96. The number of carbonyl (C=O) groups excluding carboxylic acids is 3. The molecule has 2 rings (SSSR count). The topological polar surface area (TPSA) is 78.5 Å². The van der Waals surface area contributed by atoms with Gasteiger partial charge in [-0.05, 0) is 31.2 Å². The normalized spacial score (nSPS) is 17.5.